The summed E-state index contributed by atoms with van der Waals surface area (Å²) in [7, 11) is 0. The standard InChI is InChI=1S/C25H36N2O4/c1-6-8-18(7-2)15-29-16-20-12-23(20)19-11-22(14-26-13-19)30-17-21-9-10-27(21)24(28)31-25(3,4)5/h6-8,11,13-14,20-21,23H,9-10,12,15-17H2,1-5H3. The lowest BCUT2D eigenvalue weighted by Gasteiger charge is -2.40. The minimum atomic E-state index is -0.484. The van der Waals surface area contributed by atoms with Gasteiger partial charge in [-0.25, -0.2) is 4.79 Å². The van der Waals surface area contributed by atoms with E-state index in [1.54, 1.807) is 11.1 Å². The van der Waals surface area contributed by atoms with Gasteiger partial charge in [-0.1, -0.05) is 18.2 Å². The second-order valence-electron chi connectivity index (χ2n) is 9.36. The number of hydrogen-bond donors (Lipinski definition) is 0. The normalized spacial score (nSPS) is 23.6. The van der Waals surface area contributed by atoms with Crippen LogP contribution in [0.5, 0.6) is 5.75 Å². The lowest BCUT2D eigenvalue weighted by Crippen LogP contribution is -2.55. The molecule has 0 bridgehead atoms. The fourth-order valence-electron chi connectivity index (χ4n) is 3.69. The molecule has 0 N–H and O–H groups in total. The monoisotopic (exact) mass is 428 g/mol. The molecule has 1 aliphatic carbocycles. The summed E-state index contributed by atoms with van der Waals surface area (Å²) >= 11 is 0. The van der Waals surface area contributed by atoms with Crippen molar-refractivity contribution in [1.82, 2.24) is 9.88 Å². The molecule has 3 unspecified atom stereocenters. The largest absolute Gasteiger partial charge is 0.490 e. The molecule has 1 aromatic rings. The van der Waals surface area contributed by atoms with Gasteiger partial charge in [0.25, 0.3) is 0 Å². The number of nitrogens with zero attached hydrogens (tertiary/aromatic N) is 2. The van der Waals surface area contributed by atoms with Crippen LogP contribution in [0.3, 0.4) is 0 Å². The zero-order valence-corrected chi connectivity index (χ0v) is 19.5. The molecule has 0 aromatic carbocycles. The Morgan fingerprint density at radius 3 is 2.71 bits per heavy atom. The van der Waals surface area contributed by atoms with Gasteiger partial charge in [0.15, 0.2) is 0 Å². The second kappa shape index (κ2) is 10.3. The summed E-state index contributed by atoms with van der Waals surface area (Å²) in [6.45, 7) is 12.3. The summed E-state index contributed by atoms with van der Waals surface area (Å²) in [6, 6.07) is 2.13. The maximum atomic E-state index is 12.3. The number of pyridine rings is 1. The van der Waals surface area contributed by atoms with Crippen molar-refractivity contribution in [3.8, 4) is 5.75 Å². The van der Waals surface area contributed by atoms with Crippen molar-refractivity contribution in [3.05, 3.63) is 47.8 Å². The van der Waals surface area contributed by atoms with Crippen LogP contribution in [0.4, 0.5) is 4.79 Å². The number of allylic oxidation sites excluding steroid dienone is 2. The number of carbonyl (C=O) groups excluding carboxylic acids is 1. The number of amides is 1. The lowest BCUT2D eigenvalue weighted by molar-refractivity contribution is -0.0141. The van der Waals surface area contributed by atoms with E-state index in [0.717, 1.165) is 25.2 Å². The fourth-order valence-corrected chi connectivity index (χ4v) is 3.69. The van der Waals surface area contributed by atoms with Crippen molar-refractivity contribution >= 4 is 6.09 Å². The van der Waals surface area contributed by atoms with E-state index in [1.807, 2.05) is 46.9 Å². The van der Waals surface area contributed by atoms with Crippen molar-refractivity contribution in [3.63, 3.8) is 0 Å². The molecule has 1 saturated heterocycles. The van der Waals surface area contributed by atoms with Crippen LogP contribution in [0, 0.1) is 5.92 Å². The number of rotatable bonds is 9. The number of carbonyl (C=O) groups is 1. The van der Waals surface area contributed by atoms with E-state index in [9.17, 15) is 4.79 Å². The summed E-state index contributed by atoms with van der Waals surface area (Å²) in [6.07, 6.45) is 11.6. The minimum Gasteiger partial charge on any atom is -0.490 e. The highest BCUT2D eigenvalue weighted by Crippen LogP contribution is 2.48. The van der Waals surface area contributed by atoms with Gasteiger partial charge in [0, 0.05) is 12.7 Å². The topological polar surface area (TPSA) is 60.9 Å². The van der Waals surface area contributed by atoms with Crippen LogP contribution < -0.4 is 4.74 Å². The molecule has 170 valence electrons. The summed E-state index contributed by atoms with van der Waals surface area (Å²) < 4.78 is 17.3. The Kier molecular flexibility index (Phi) is 7.76. The Bertz CT molecular complexity index is 812. The minimum absolute atomic E-state index is 0.0542. The van der Waals surface area contributed by atoms with Gasteiger partial charge in [-0.05, 0) is 76.5 Å². The quantitative estimate of drug-likeness (QED) is 0.511. The van der Waals surface area contributed by atoms with Gasteiger partial charge in [0.05, 0.1) is 25.5 Å². The Morgan fingerprint density at radius 2 is 2.06 bits per heavy atom. The van der Waals surface area contributed by atoms with Crippen LogP contribution in [-0.4, -0.2) is 54.0 Å². The molecule has 1 saturated carbocycles. The first kappa shape index (κ1) is 23.3. The molecule has 0 spiro atoms. The van der Waals surface area contributed by atoms with Crippen LogP contribution >= 0.6 is 0 Å². The van der Waals surface area contributed by atoms with Crippen molar-refractivity contribution in [1.29, 1.82) is 0 Å². The Balaban J connectivity index is 1.43. The molecule has 0 radical (unpaired) electrons. The molecule has 2 fully saturated rings. The van der Waals surface area contributed by atoms with E-state index in [2.05, 4.69) is 23.2 Å². The predicted octanol–water partition coefficient (Wildman–Crippen LogP) is 5.11. The lowest BCUT2D eigenvalue weighted by atomic mass is 10.1. The summed E-state index contributed by atoms with van der Waals surface area (Å²) in [5, 5.41) is 0. The van der Waals surface area contributed by atoms with Gasteiger partial charge in [0.1, 0.15) is 18.0 Å². The number of likely N-dealkylation sites (tertiary alicyclic amines) is 1. The van der Waals surface area contributed by atoms with Gasteiger partial charge in [-0.15, -0.1) is 0 Å². The fraction of sp³-hybridized carbons (Fsp3) is 0.600. The van der Waals surface area contributed by atoms with Crippen LogP contribution in [0.1, 0.15) is 58.9 Å². The number of ether oxygens (including phenoxy) is 3. The molecule has 2 aliphatic rings. The highest BCUT2D eigenvalue weighted by Gasteiger charge is 2.39. The molecule has 3 rings (SSSR count). The van der Waals surface area contributed by atoms with Crippen molar-refractivity contribution in [2.45, 2.75) is 65.0 Å². The average Bonchev–Trinajstić information content (AvgIpc) is 3.45. The third-order valence-electron chi connectivity index (χ3n) is 5.65. The molecular formula is C25H36N2O4. The maximum absolute atomic E-state index is 12.3. The summed E-state index contributed by atoms with van der Waals surface area (Å²) in [5.74, 6) is 1.77. The van der Waals surface area contributed by atoms with E-state index >= 15 is 0 Å². The molecular weight excluding hydrogens is 392 g/mol. The second-order valence-corrected chi connectivity index (χ2v) is 9.36. The van der Waals surface area contributed by atoms with Crippen LogP contribution in [0.25, 0.3) is 0 Å². The van der Waals surface area contributed by atoms with E-state index in [-0.39, 0.29) is 12.1 Å². The number of aromatic nitrogens is 1. The summed E-state index contributed by atoms with van der Waals surface area (Å²) in [5.41, 5.74) is 1.92. The smallest absolute Gasteiger partial charge is 0.410 e. The Labute approximate surface area is 186 Å². The molecule has 6 nitrogen and oxygen atoms in total. The SMILES string of the molecule is CC=CC(=CC)COCC1CC1c1cncc(OCC2CCN2C(=O)OC(C)(C)C)c1. The van der Waals surface area contributed by atoms with Gasteiger partial charge in [-0.3, -0.25) is 4.98 Å². The highest BCUT2D eigenvalue weighted by atomic mass is 16.6. The van der Waals surface area contributed by atoms with Gasteiger partial charge in [0.2, 0.25) is 0 Å². The molecule has 31 heavy (non-hydrogen) atoms. The van der Waals surface area contributed by atoms with Gasteiger partial charge < -0.3 is 19.1 Å². The zero-order valence-electron chi connectivity index (χ0n) is 19.5. The van der Waals surface area contributed by atoms with E-state index < -0.39 is 5.60 Å². The summed E-state index contributed by atoms with van der Waals surface area (Å²) in [4.78, 5) is 18.4. The predicted molar refractivity (Wildman–Crippen MR) is 121 cm³/mol. The Hall–Kier alpha value is -2.34. The highest BCUT2D eigenvalue weighted by molar-refractivity contribution is 5.69. The van der Waals surface area contributed by atoms with Crippen LogP contribution in [-0.2, 0) is 9.47 Å². The zero-order chi connectivity index (χ0) is 22.4. The van der Waals surface area contributed by atoms with Crippen molar-refractivity contribution in [2.75, 3.05) is 26.4 Å². The molecule has 1 aliphatic heterocycles. The number of hydrogen-bond acceptors (Lipinski definition) is 5. The maximum Gasteiger partial charge on any atom is 0.410 e. The first-order valence-electron chi connectivity index (χ1n) is 11.2. The van der Waals surface area contributed by atoms with Crippen molar-refractivity contribution in [2.24, 2.45) is 5.92 Å². The molecule has 6 heteroatoms. The van der Waals surface area contributed by atoms with Gasteiger partial charge >= 0.3 is 6.09 Å². The first-order chi connectivity index (χ1) is 14.8. The van der Waals surface area contributed by atoms with Crippen LogP contribution in [0.2, 0.25) is 0 Å². The molecule has 1 aromatic heterocycles. The van der Waals surface area contributed by atoms with E-state index in [0.29, 0.717) is 31.6 Å². The average molecular weight is 429 g/mol. The van der Waals surface area contributed by atoms with E-state index in [1.165, 1.54) is 11.1 Å². The van der Waals surface area contributed by atoms with E-state index in [4.69, 9.17) is 14.2 Å². The third kappa shape index (κ3) is 6.82. The third-order valence-corrected chi connectivity index (χ3v) is 5.65. The molecule has 1 amide bonds. The molecule has 3 atom stereocenters. The van der Waals surface area contributed by atoms with Crippen molar-refractivity contribution < 1.29 is 19.0 Å². The van der Waals surface area contributed by atoms with Crippen LogP contribution in [0.15, 0.2) is 42.3 Å². The molecule has 2 heterocycles. The van der Waals surface area contributed by atoms with Gasteiger partial charge in [-0.2, -0.15) is 0 Å². The Morgan fingerprint density at radius 1 is 1.26 bits per heavy atom. The first-order valence-corrected chi connectivity index (χ1v) is 11.2.